The van der Waals surface area contributed by atoms with Crippen molar-refractivity contribution in [2.24, 2.45) is 17.1 Å². The molecule has 4 N–H and O–H groups in total. The van der Waals surface area contributed by atoms with Crippen molar-refractivity contribution in [3.8, 4) is 0 Å². The van der Waals surface area contributed by atoms with Crippen LogP contribution < -0.4 is 11.1 Å². The van der Waals surface area contributed by atoms with Crippen LogP contribution in [0.2, 0.25) is 0 Å². The average molecular weight is 270 g/mol. The van der Waals surface area contributed by atoms with Gasteiger partial charge in [-0.15, -0.1) is 0 Å². The Hall–Kier alpha value is -0.610. The van der Waals surface area contributed by atoms with Gasteiger partial charge in [0.25, 0.3) is 0 Å². The summed E-state index contributed by atoms with van der Waals surface area (Å²) in [4.78, 5) is 12.0. The van der Waals surface area contributed by atoms with E-state index in [2.05, 4.69) is 26.1 Å². The first-order chi connectivity index (χ1) is 8.81. The van der Waals surface area contributed by atoms with Crippen LogP contribution in [0.5, 0.6) is 0 Å². The Bertz CT molecular complexity index is 286. The van der Waals surface area contributed by atoms with E-state index in [1.807, 2.05) is 0 Å². The fraction of sp³-hybridized carbons (Fsp3) is 0.933. The van der Waals surface area contributed by atoms with Gasteiger partial charge in [0, 0.05) is 31.0 Å². The van der Waals surface area contributed by atoms with Crippen LogP contribution in [-0.2, 0) is 4.79 Å². The average Bonchev–Trinajstić information content (AvgIpc) is 2.26. The maximum Gasteiger partial charge on any atom is 0.221 e. The van der Waals surface area contributed by atoms with E-state index < -0.39 is 0 Å². The maximum atomic E-state index is 12.0. The van der Waals surface area contributed by atoms with Crippen molar-refractivity contribution in [1.82, 2.24) is 5.32 Å². The van der Waals surface area contributed by atoms with Gasteiger partial charge in [-0.05, 0) is 24.7 Å². The number of carbonyl (C=O) groups is 1. The maximum absolute atomic E-state index is 12.0. The Balaban J connectivity index is 2.37. The highest BCUT2D eigenvalue weighted by atomic mass is 16.3. The van der Waals surface area contributed by atoms with Gasteiger partial charge in [0.15, 0.2) is 0 Å². The van der Waals surface area contributed by atoms with Crippen LogP contribution in [-0.4, -0.2) is 29.7 Å². The minimum Gasteiger partial charge on any atom is -0.396 e. The van der Waals surface area contributed by atoms with Crippen molar-refractivity contribution in [3.63, 3.8) is 0 Å². The van der Waals surface area contributed by atoms with Gasteiger partial charge < -0.3 is 16.2 Å². The van der Waals surface area contributed by atoms with E-state index in [1.165, 1.54) is 0 Å². The number of aliphatic hydroxyl groups is 1. The topological polar surface area (TPSA) is 75.4 Å². The molecular formula is C15H30N2O2. The molecule has 0 heterocycles. The molecule has 112 valence electrons. The van der Waals surface area contributed by atoms with E-state index >= 15 is 0 Å². The van der Waals surface area contributed by atoms with E-state index in [1.54, 1.807) is 0 Å². The number of hydrogen-bond acceptors (Lipinski definition) is 3. The number of carbonyl (C=O) groups excluding carboxylic acids is 1. The lowest BCUT2D eigenvalue weighted by Crippen LogP contribution is -2.45. The van der Waals surface area contributed by atoms with Crippen molar-refractivity contribution >= 4 is 5.91 Å². The molecule has 0 aliphatic heterocycles. The third kappa shape index (κ3) is 6.39. The van der Waals surface area contributed by atoms with Crippen molar-refractivity contribution in [3.05, 3.63) is 0 Å². The van der Waals surface area contributed by atoms with Crippen LogP contribution >= 0.6 is 0 Å². The van der Waals surface area contributed by atoms with E-state index in [-0.39, 0.29) is 35.9 Å². The summed E-state index contributed by atoms with van der Waals surface area (Å²) in [6.45, 7) is 6.56. The summed E-state index contributed by atoms with van der Waals surface area (Å²) in [6.07, 6.45) is 5.50. The molecule has 4 nitrogen and oxygen atoms in total. The number of hydrogen-bond donors (Lipinski definition) is 3. The molecule has 0 saturated heterocycles. The minimum atomic E-state index is -0.0869. The molecule has 0 bridgehead atoms. The number of nitrogens with one attached hydrogen (secondary N) is 1. The predicted molar refractivity (Wildman–Crippen MR) is 77.6 cm³/mol. The molecule has 3 atom stereocenters. The lowest BCUT2D eigenvalue weighted by molar-refractivity contribution is -0.123. The molecule has 1 fully saturated rings. The molecule has 1 rings (SSSR count). The monoisotopic (exact) mass is 270 g/mol. The van der Waals surface area contributed by atoms with Gasteiger partial charge in [-0.3, -0.25) is 4.79 Å². The van der Waals surface area contributed by atoms with Gasteiger partial charge in [-0.1, -0.05) is 33.6 Å². The molecule has 0 radical (unpaired) electrons. The Morgan fingerprint density at radius 3 is 2.58 bits per heavy atom. The predicted octanol–water partition coefficient (Wildman–Crippen LogP) is 1.81. The third-order valence-corrected chi connectivity index (χ3v) is 3.81. The zero-order valence-corrected chi connectivity index (χ0v) is 12.6. The summed E-state index contributed by atoms with van der Waals surface area (Å²) in [5, 5.41) is 12.4. The smallest absolute Gasteiger partial charge is 0.221 e. The van der Waals surface area contributed by atoms with E-state index in [0.29, 0.717) is 6.42 Å². The second-order valence-electron chi connectivity index (χ2n) is 7.13. The molecule has 0 aromatic carbocycles. The SMILES string of the molecule is CC(C)(C)CC(N)CC(=O)NC1CCCCC1CO. The Kier molecular flexibility index (Phi) is 6.27. The van der Waals surface area contributed by atoms with Crippen molar-refractivity contribution in [2.45, 2.75) is 71.4 Å². The highest BCUT2D eigenvalue weighted by Crippen LogP contribution is 2.24. The molecule has 0 aromatic heterocycles. The first kappa shape index (κ1) is 16.4. The highest BCUT2D eigenvalue weighted by molar-refractivity contribution is 5.76. The molecular weight excluding hydrogens is 240 g/mol. The Morgan fingerprint density at radius 2 is 2.00 bits per heavy atom. The fourth-order valence-electron chi connectivity index (χ4n) is 2.98. The van der Waals surface area contributed by atoms with E-state index in [9.17, 15) is 9.90 Å². The Labute approximate surface area is 117 Å². The first-order valence-corrected chi connectivity index (χ1v) is 7.47. The third-order valence-electron chi connectivity index (χ3n) is 3.81. The zero-order chi connectivity index (χ0) is 14.5. The number of rotatable bonds is 5. The first-order valence-electron chi connectivity index (χ1n) is 7.47. The van der Waals surface area contributed by atoms with Crippen LogP contribution in [0.1, 0.15) is 59.3 Å². The largest absolute Gasteiger partial charge is 0.396 e. The van der Waals surface area contributed by atoms with Gasteiger partial charge in [-0.25, -0.2) is 0 Å². The van der Waals surface area contributed by atoms with Gasteiger partial charge in [0.1, 0.15) is 0 Å². The van der Waals surface area contributed by atoms with Gasteiger partial charge in [0.05, 0.1) is 0 Å². The second-order valence-corrected chi connectivity index (χ2v) is 7.13. The van der Waals surface area contributed by atoms with E-state index in [0.717, 1.165) is 32.1 Å². The van der Waals surface area contributed by atoms with Gasteiger partial charge in [-0.2, -0.15) is 0 Å². The highest BCUT2D eigenvalue weighted by Gasteiger charge is 2.26. The molecule has 0 aromatic rings. The lowest BCUT2D eigenvalue weighted by atomic mass is 9.84. The molecule has 1 amide bonds. The zero-order valence-electron chi connectivity index (χ0n) is 12.6. The molecule has 0 spiro atoms. The molecule has 4 heteroatoms. The lowest BCUT2D eigenvalue weighted by Gasteiger charge is -2.31. The standard InChI is InChI=1S/C15H30N2O2/c1-15(2,3)9-12(16)8-14(19)17-13-7-5-4-6-11(13)10-18/h11-13,18H,4-10,16H2,1-3H3,(H,17,19). The molecule has 1 saturated carbocycles. The van der Waals surface area contributed by atoms with Crippen LogP contribution in [0.3, 0.4) is 0 Å². The Morgan fingerprint density at radius 1 is 1.37 bits per heavy atom. The van der Waals surface area contributed by atoms with Gasteiger partial charge in [0.2, 0.25) is 5.91 Å². The van der Waals surface area contributed by atoms with Crippen LogP contribution in [0.15, 0.2) is 0 Å². The summed E-state index contributed by atoms with van der Waals surface area (Å²) < 4.78 is 0. The quantitative estimate of drug-likeness (QED) is 0.713. The van der Waals surface area contributed by atoms with Crippen molar-refractivity contribution in [2.75, 3.05) is 6.61 Å². The number of aliphatic hydroxyl groups excluding tert-OH is 1. The second kappa shape index (κ2) is 7.25. The number of amides is 1. The summed E-state index contributed by atoms with van der Waals surface area (Å²) in [7, 11) is 0. The van der Waals surface area contributed by atoms with E-state index in [4.69, 9.17) is 5.73 Å². The van der Waals surface area contributed by atoms with Crippen LogP contribution in [0.4, 0.5) is 0 Å². The summed E-state index contributed by atoms with van der Waals surface area (Å²) in [5.41, 5.74) is 6.17. The molecule has 19 heavy (non-hydrogen) atoms. The fourth-order valence-corrected chi connectivity index (χ4v) is 2.98. The molecule has 1 aliphatic rings. The minimum absolute atomic E-state index is 0.0297. The van der Waals surface area contributed by atoms with Crippen molar-refractivity contribution < 1.29 is 9.90 Å². The molecule has 3 unspecified atom stereocenters. The van der Waals surface area contributed by atoms with Gasteiger partial charge >= 0.3 is 0 Å². The summed E-state index contributed by atoms with van der Waals surface area (Å²) in [5.74, 6) is 0.249. The van der Waals surface area contributed by atoms with Crippen LogP contribution in [0, 0.1) is 11.3 Å². The van der Waals surface area contributed by atoms with Crippen LogP contribution in [0.25, 0.3) is 0 Å². The summed E-state index contributed by atoms with van der Waals surface area (Å²) >= 11 is 0. The normalized spacial score (nSPS) is 25.9. The van der Waals surface area contributed by atoms with Crippen molar-refractivity contribution in [1.29, 1.82) is 0 Å². The molecule has 1 aliphatic carbocycles. The summed E-state index contributed by atoms with van der Waals surface area (Å²) in [6, 6.07) is 0.0456. The number of nitrogens with two attached hydrogens (primary N) is 1.